The van der Waals surface area contributed by atoms with Crippen LogP contribution in [0.15, 0.2) is 59.4 Å². The number of aromatic nitrogens is 4. The van der Waals surface area contributed by atoms with Crippen LogP contribution in [-0.4, -0.2) is 36.1 Å². The molecule has 0 aliphatic carbocycles. The van der Waals surface area contributed by atoms with Gasteiger partial charge in [0.1, 0.15) is 12.1 Å². The van der Waals surface area contributed by atoms with Gasteiger partial charge in [-0.05, 0) is 35.4 Å². The standard InChI is InChI=1S/C23H15F4N5O3/c24-15-4-3-11(8-16(15)25)19(33)18(17-9-28-5-6-29-17)32-10-13-2-1-12(7-14(13)23(32)34)21-30-31-22(35-21)20(26)27/h1-9,18-20,33H,10H2/t18-,19+/m1/s1. The molecule has 4 aromatic rings. The zero-order valence-corrected chi connectivity index (χ0v) is 17.6. The van der Waals surface area contributed by atoms with Crippen LogP contribution >= 0.6 is 0 Å². The smallest absolute Gasteiger partial charge is 0.314 e. The third-order valence-corrected chi connectivity index (χ3v) is 5.62. The molecule has 12 heteroatoms. The Morgan fingerprint density at radius 3 is 2.54 bits per heavy atom. The summed E-state index contributed by atoms with van der Waals surface area (Å²) in [6, 6.07) is 6.43. The van der Waals surface area contributed by atoms with Crippen LogP contribution in [0, 0.1) is 11.6 Å². The Morgan fingerprint density at radius 2 is 1.86 bits per heavy atom. The lowest BCUT2D eigenvalue weighted by molar-refractivity contribution is 0.0344. The SMILES string of the molecule is O=C1c2cc(-c3nnc(C(F)F)o3)ccc2CN1[C@H](c1cnccn1)[C@@H](O)c1ccc(F)c(F)c1. The van der Waals surface area contributed by atoms with E-state index in [0.717, 1.165) is 12.1 Å². The molecule has 0 radical (unpaired) electrons. The van der Waals surface area contributed by atoms with E-state index >= 15 is 0 Å². The zero-order valence-electron chi connectivity index (χ0n) is 17.6. The fourth-order valence-corrected chi connectivity index (χ4v) is 3.95. The highest BCUT2D eigenvalue weighted by Crippen LogP contribution is 2.39. The van der Waals surface area contributed by atoms with E-state index in [1.54, 1.807) is 12.1 Å². The van der Waals surface area contributed by atoms with E-state index in [0.29, 0.717) is 5.56 Å². The monoisotopic (exact) mass is 485 g/mol. The number of hydrogen-bond acceptors (Lipinski definition) is 7. The second-order valence-corrected chi connectivity index (χ2v) is 7.74. The third-order valence-electron chi connectivity index (χ3n) is 5.62. The van der Waals surface area contributed by atoms with Crippen LogP contribution in [0.3, 0.4) is 0 Å². The van der Waals surface area contributed by atoms with Crippen molar-refractivity contribution in [1.82, 2.24) is 25.1 Å². The van der Waals surface area contributed by atoms with E-state index in [4.69, 9.17) is 4.42 Å². The van der Waals surface area contributed by atoms with Crippen LogP contribution in [-0.2, 0) is 6.54 Å². The van der Waals surface area contributed by atoms with Crippen molar-refractivity contribution >= 4 is 5.91 Å². The van der Waals surface area contributed by atoms with Crippen LogP contribution in [0.4, 0.5) is 17.6 Å². The number of aliphatic hydroxyl groups excluding tert-OH is 1. The molecule has 1 amide bonds. The average molecular weight is 485 g/mol. The molecule has 0 spiro atoms. The molecule has 5 rings (SSSR count). The molecule has 0 fully saturated rings. The van der Waals surface area contributed by atoms with Crippen molar-refractivity contribution in [2.24, 2.45) is 0 Å². The Kier molecular flexibility index (Phi) is 5.73. The quantitative estimate of drug-likeness (QED) is 0.409. The molecule has 1 N–H and O–H groups in total. The minimum atomic E-state index is -2.94. The lowest BCUT2D eigenvalue weighted by atomic mass is 9.98. The maximum absolute atomic E-state index is 13.9. The van der Waals surface area contributed by atoms with E-state index in [1.807, 2.05) is 0 Å². The molecule has 0 saturated carbocycles. The Labute approximate surface area is 194 Å². The summed E-state index contributed by atoms with van der Waals surface area (Å²) in [7, 11) is 0. The van der Waals surface area contributed by atoms with Gasteiger partial charge in [-0.25, -0.2) is 8.78 Å². The summed E-state index contributed by atoms with van der Waals surface area (Å²) in [5.41, 5.74) is 1.33. The van der Waals surface area contributed by atoms with E-state index < -0.39 is 42.0 Å². The van der Waals surface area contributed by atoms with Crippen LogP contribution in [0.25, 0.3) is 11.5 Å². The Morgan fingerprint density at radius 1 is 1.03 bits per heavy atom. The van der Waals surface area contributed by atoms with Gasteiger partial charge in [-0.15, -0.1) is 10.2 Å². The number of carbonyl (C=O) groups is 1. The van der Waals surface area contributed by atoms with Crippen LogP contribution < -0.4 is 0 Å². The summed E-state index contributed by atoms with van der Waals surface area (Å²) in [4.78, 5) is 22.9. The largest absolute Gasteiger partial charge is 0.415 e. The van der Waals surface area contributed by atoms with Gasteiger partial charge >= 0.3 is 6.43 Å². The lowest BCUT2D eigenvalue weighted by Gasteiger charge is -2.31. The molecule has 2 aromatic heterocycles. The highest BCUT2D eigenvalue weighted by atomic mass is 19.3. The number of hydrogen-bond donors (Lipinski definition) is 1. The Hall–Kier alpha value is -4.19. The number of amides is 1. The zero-order chi connectivity index (χ0) is 24.7. The number of rotatable bonds is 6. The van der Waals surface area contributed by atoms with Gasteiger partial charge in [-0.3, -0.25) is 14.8 Å². The van der Waals surface area contributed by atoms with E-state index in [-0.39, 0.29) is 34.8 Å². The Balaban J connectivity index is 1.51. The van der Waals surface area contributed by atoms with Crippen molar-refractivity contribution in [3.8, 4) is 11.5 Å². The average Bonchev–Trinajstić information content (AvgIpc) is 3.47. The molecular weight excluding hydrogens is 470 g/mol. The summed E-state index contributed by atoms with van der Waals surface area (Å²) in [5, 5.41) is 18.0. The summed E-state index contributed by atoms with van der Waals surface area (Å²) in [6.07, 6.45) is -0.255. The van der Waals surface area contributed by atoms with Gasteiger partial charge in [0, 0.05) is 30.1 Å². The topological polar surface area (TPSA) is 105 Å². The molecule has 2 aromatic carbocycles. The number of aliphatic hydroxyl groups is 1. The molecule has 1 aliphatic heterocycles. The molecule has 1 aliphatic rings. The fraction of sp³-hybridized carbons (Fsp3) is 0.174. The third kappa shape index (κ3) is 4.12. The number of benzene rings is 2. The molecule has 2 atom stereocenters. The van der Waals surface area contributed by atoms with Crippen LogP contribution in [0.1, 0.15) is 51.6 Å². The lowest BCUT2D eigenvalue weighted by Crippen LogP contribution is -2.34. The normalized spacial score (nSPS) is 14.9. The number of nitrogens with zero attached hydrogens (tertiary/aromatic N) is 5. The maximum atomic E-state index is 13.9. The first-order chi connectivity index (χ1) is 16.8. The minimum absolute atomic E-state index is 0.0365. The van der Waals surface area contributed by atoms with Gasteiger partial charge in [-0.1, -0.05) is 12.1 Å². The summed E-state index contributed by atoms with van der Waals surface area (Å²) in [6.45, 7) is 0.0581. The molecular formula is C23H15F4N5O3. The van der Waals surface area contributed by atoms with Gasteiger partial charge in [0.15, 0.2) is 11.6 Å². The van der Waals surface area contributed by atoms with Crippen molar-refractivity contribution in [3.05, 3.63) is 94.9 Å². The van der Waals surface area contributed by atoms with Crippen molar-refractivity contribution in [1.29, 1.82) is 0 Å². The van der Waals surface area contributed by atoms with E-state index in [2.05, 4.69) is 20.2 Å². The predicted molar refractivity (Wildman–Crippen MR) is 111 cm³/mol. The second kappa shape index (κ2) is 8.87. The van der Waals surface area contributed by atoms with Gasteiger partial charge in [-0.2, -0.15) is 8.78 Å². The van der Waals surface area contributed by atoms with Crippen molar-refractivity contribution in [3.63, 3.8) is 0 Å². The molecule has 0 saturated heterocycles. The van der Waals surface area contributed by atoms with Crippen molar-refractivity contribution < 1.29 is 31.9 Å². The Bertz CT molecular complexity index is 1400. The van der Waals surface area contributed by atoms with Gasteiger partial charge < -0.3 is 14.4 Å². The number of halogens is 4. The number of carbonyl (C=O) groups excluding carboxylic acids is 1. The molecule has 8 nitrogen and oxygen atoms in total. The first kappa shape index (κ1) is 22.6. The van der Waals surface area contributed by atoms with Gasteiger partial charge in [0.2, 0.25) is 5.89 Å². The van der Waals surface area contributed by atoms with Crippen molar-refractivity contribution in [2.75, 3.05) is 0 Å². The molecule has 0 bridgehead atoms. The molecule has 0 unspecified atom stereocenters. The van der Waals surface area contributed by atoms with Gasteiger partial charge in [0.05, 0.1) is 11.9 Å². The molecule has 3 heterocycles. The number of alkyl halides is 2. The summed E-state index contributed by atoms with van der Waals surface area (Å²) >= 11 is 0. The van der Waals surface area contributed by atoms with Crippen molar-refractivity contribution in [2.45, 2.75) is 25.1 Å². The molecule has 35 heavy (non-hydrogen) atoms. The van der Waals surface area contributed by atoms with Crippen LogP contribution in [0.2, 0.25) is 0 Å². The second-order valence-electron chi connectivity index (χ2n) is 7.74. The molecule has 178 valence electrons. The summed E-state index contributed by atoms with van der Waals surface area (Å²) in [5.74, 6) is -3.76. The fourth-order valence-electron chi connectivity index (χ4n) is 3.95. The predicted octanol–water partition coefficient (Wildman–Crippen LogP) is 4.17. The van der Waals surface area contributed by atoms with Gasteiger partial charge in [0.25, 0.3) is 11.8 Å². The highest BCUT2D eigenvalue weighted by Gasteiger charge is 2.39. The minimum Gasteiger partial charge on any atom is -0.415 e. The maximum Gasteiger partial charge on any atom is 0.314 e. The summed E-state index contributed by atoms with van der Waals surface area (Å²) < 4.78 is 57.9. The first-order valence-corrected chi connectivity index (χ1v) is 10.3. The first-order valence-electron chi connectivity index (χ1n) is 10.3. The number of fused-ring (bicyclic) bond motifs is 1. The van der Waals surface area contributed by atoms with E-state index in [1.165, 1.54) is 35.6 Å². The van der Waals surface area contributed by atoms with Crippen LogP contribution in [0.5, 0.6) is 0 Å². The highest BCUT2D eigenvalue weighted by molar-refractivity contribution is 5.99. The van der Waals surface area contributed by atoms with E-state index in [9.17, 15) is 27.5 Å².